The highest BCUT2D eigenvalue weighted by atomic mass is 16.1. The zero-order chi connectivity index (χ0) is 12.4. The van der Waals surface area contributed by atoms with Crippen molar-refractivity contribution in [3.8, 4) is 0 Å². The summed E-state index contributed by atoms with van der Waals surface area (Å²) >= 11 is 0. The fraction of sp³-hybridized carbons (Fsp3) is 0.692. The SMILES string of the molecule is O=c1c(NCC2CCCCN2)nccn1C1CC1. The molecule has 1 saturated carbocycles. The van der Waals surface area contributed by atoms with Gasteiger partial charge in [-0.05, 0) is 32.2 Å². The van der Waals surface area contributed by atoms with E-state index in [4.69, 9.17) is 0 Å². The molecule has 1 atom stereocenters. The molecule has 5 heteroatoms. The molecule has 5 nitrogen and oxygen atoms in total. The van der Waals surface area contributed by atoms with E-state index in [1.54, 1.807) is 12.4 Å². The van der Waals surface area contributed by atoms with Crippen LogP contribution in [0.1, 0.15) is 38.1 Å². The van der Waals surface area contributed by atoms with E-state index in [1.807, 2.05) is 4.57 Å². The highest BCUT2D eigenvalue weighted by molar-refractivity contribution is 5.31. The zero-order valence-electron chi connectivity index (χ0n) is 10.6. The Balaban J connectivity index is 1.65. The smallest absolute Gasteiger partial charge is 0.293 e. The molecule has 1 aromatic rings. The van der Waals surface area contributed by atoms with Crippen LogP contribution in [0.5, 0.6) is 0 Å². The quantitative estimate of drug-likeness (QED) is 0.838. The molecule has 1 unspecified atom stereocenters. The van der Waals surface area contributed by atoms with Crippen molar-refractivity contribution in [3.63, 3.8) is 0 Å². The third-order valence-corrected chi connectivity index (χ3v) is 3.74. The van der Waals surface area contributed by atoms with Crippen molar-refractivity contribution in [1.82, 2.24) is 14.9 Å². The summed E-state index contributed by atoms with van der Waals surface area (Å²) in [5.41, 5.74) is 0.0239. The van der Waals surface area contributed by atoms with Crippen molar-refractivity contribution < 1.29 is 0 Å². The van der Waals surface area contributed by atoms with Gasteiger partial charge in [-0.2, -0.15) is 0 Å². The number of piperidine rings is 1. The van der Waals surface area contributed by atoms with E-state index in [9.17, 15) is 4.79 Å². The number of rotatable bonds is 4. The highest BCUT2D eigenvalue weighted by Crippen LogP contribution is 2.33. The zero-order valence-corrected chi connectivity index (χ0v) is 10.6. The second kappa shape index (κ2) is 5.10. The average Bonchev–Trinajstić information content (AvgIpc) is 3.23. The number of hydrogen-bond acceptors (Lipinski definition) is 4. The number of hydrogen-bond donors (Lipinski definition) is 2. The molecule has 2 fully saturated rings. The fourth-order valence-corrected chi connectivity index (χ4v) is 2.50. The summed E-state index contributed by atoms with van der Waals surface area (Å²) in [6.07, 6.45) is 9.46. The van der Waals surface area contributed by atoms with Gasteiger partial charge in [-0.1, -0.05) is 6.42 Å². The molecular formula is C13H20N4O. The van der Waals surface area contributed by atoms with E-state index in [-0.39, 0.29) is 5.56 Å². The first-order chi connectivity index (χ1) is 8.84. The van der Waals surface area contributed by atoms with Crippen LogP contribution in [0.15, 0.2) is 17.2 Å². The lowest BCUT2D eigenvalue weighted by Crippen LogP contribution is -2.40. The van der Waals surface area contributed by atoms with Crippen LogP contribution in [0.25, 0.3) is 0 Å². The summed E-state index contributed by atoms with van der Waals surface area (Å²) in [6.45, 7) is 1.87. The first-order valence-corrected chi connectivity index (χ1v) is 6.89. The topological polar surface area (TPSA) is 59.0 Å². The van der Waals surface area contributed by atoms with Gasteiger partial charge in [0.25, 0.3) is 5.56 Å². The van der Waals surface area contributed by atoms with Gasteiger partial charge in [0, 0.05) is 31.0 Å². The largest absolute Gasteiger partial charge is 0.364 e. The second-order valence-corrected chi connectivity index (χ2v) is 5.25. The Morgan fingerprint density at radius 3 is 3.00 bits per heavy atom. The maximum atomic E-state index is 12.1. The van der Waals surface area contributed by atoms with E-state index in [1.165, 1.54) is 19.3 Å². The summed E-state index contributed by atoms with van der Waals surface area (Å²) in [5, 5.41) is 6.66. The molecule has 3 rings (SSSR count). The minimum atomic E-state index is 0.0239. The molecular weight excluding hydrogens is 228 g/mol. The van der Waals surface area contributed by atoms with E-state index >= 15 is 0 Å². The molecule has 18 heavy (non-hydrogen) atoms. The highest BCUT2D eigenvalue weighted by Gasteiger charge is 2.25. The van der Waals surface area contributed by atoms with Gasteiger partial charge < -0.3 is 15.2 Å². The van der Waals surface area contributed by atoms with E-state index in [2.05, 4.69) is 15.6 Å². The van der Waals surface area contributed by atoms with Crippen molar-refractivity contribution in [2.24, 2.45) is 0 Å². The van der Waals surface area contributed by atoms with Crippen LogP contribution in [0, 0.1) is 0 Å². The molecule has 0 bridgehead atoms. The number of nitrogens with zero attached hydrogens (tertiary/aromatic N) is 2. The summed E-state index contributed by atoms with van der Waals surface area (Å²) < 4.78 is 1.81. The standard InChI is InChI=1S/C13H20N4O/c18-13-12(15-7-8-17(13)11-4-5-11)16-9-10-3-1-2-6-14-10/h7-8,10-11,14H,1-6,9H2,(H,15,16). The molecule has 0 radical (unpaired) electrons. The molecule has 1 aromatic heterocycles. The van der Waals surface area contributed by atoms with Gasteiger partial charge in [0.2, 0.25) is 0 Å². The minimum Gasteiger partial charge on any atom is -0.364 e. The Morgan fingerprint density at radius 1 is 1.39 bits per heavy atom. The van der Waals surface area contributed by atoms with Gasteiger partial charge in [-0.3, -0.25) is 4.79 Å². The lowest BCUT2D eigenvalue weighted by atomic mass is 10.1. The number of aromatic nitrogens is 2. The summed E-state index contributed by atoms with van der Waals surface area (Å²) in [4.78, 5) is 16.3. The predicted octanol–water partition coefficient (Wildman–Crippen LogP) is 1.13. The number of nitrogens with one attached hydrogen (secondary N) is 2. The summed E-state index contributed by atoms with van der Waals surface area (Å²) in [7, 11) is 0. The van der Waals surface area contributed by atoms with Gasteiger partial charge >= 0.3 is 0 Å². The lowest BCUT2D eigenvalue weighted by Gasteiger charge is -2.23. The van der Waals surface area contributed by atoms with E-state index in [0.29, 0.717) is 17.9 Å². The van der Waals surface area contributed by atoms with Crippen LogP contribution >= 0.6 is 0 Å². The van der Waals surface area contributed by atoms with Crippen LogP contribution < -0.4 is 16.2 Å². The Morgan fingerprint density at radius 2 is 2.28 bits per heavy atom. The molecule has 0 aromatic carbocycles. The monoisotopic (exact) mass is 248 g/mol. The molecule has 2 heterocycles. The molecule has 1 saturated heterocycles. The van der Waals surface area contributed by atoms with Crippen molar-refractivity contribution in [2.75, 3.05) is 18.4 Å². The minimum absolute atomic E-state index is 0.0239. The lowest BCUT2D eigenvalue weighted by molar-refractivity contribution is 0.414. The van der Waals surface area contributed by atoms with Gasteiger partial charge in [0.15, 0.2) is 5.82 Å². The molecule has 1 aliphatic heterocycles. The van der Waals surface area contributed by atoms with Crippen molar-refractivity contribution >= 4 is 5.82 Å². The van der Waals surface area contributed by atoms with Crippen LogP contribution in [-0.4, -0.2) is 28.7 Å². The van der Waals surface area contributed by atoms with Crippen LogP contribution in [0.4, 0.5) is 5.82 Å². The summed E-state index contributed by atoms with van der Waals surface area (Å²) in [6, 6.07) is 0.878. The van der Waals surface area contributed by atoms with Crippen molar-refractivity contribution in [3.05, 3.63) is 22.7 Å². The Hall–Kier alpha value is -1.36. The first kappa shape index (κ1) is 11.7. The van der Waals surface area contributed by atoms with Gasteiger partial charge in [-0.25, -0.2) is 4.98 Å². The maximum Gasteiger partial charge on any atom is 0.293 e. The van der Waals surface area contributed by atoms with Crippen LogP contribution in [-0.2, 0) is 0 Å². The molecule has 2 aliphatic rings. The van der Waals surface area contributed by atoms with Crippen LogP contribution in [0.3, 0.4) is 0 Å². The molecule has 98 valence electrons. The Labute approximate surface area is 107 Å². The van der Waals surface area contributed by atoms with Gasteiger partial charge in [0.05, 0.1) is 0 Å². The Bertz CT molecular complexity index is 460. The predicted molar refractivity (Wildman–Crippen MR) is 70.9 cm³/mol. The van der Waals surface area contributed by atoms with Crippen molar-refractivity contribution in [1.29, 1.82) is 0 Å². The van der Waals surface area contributed by atoms with Crippen molar-refractivity contribution in [2.45, 2.75) is 44.2 Å². The van der Waals surface area contributed by atoms with Gasteiger partial charge in [-0.15, -0.1) is 0 Å². The number of anilines is 1. The molecule has 0 amide bonds. The van der Waals surface area contributed by atoms with E-state index < -0.39 is 0 Å². The normalized spacial score (nSPS) is 23.9. The van der Waals surface area contributed by atoms with Crippen LogP contribution in [0.2, 0.25) is 0 Å². The first-order valence-electron chi connectivity index (χ1n) is 6.89. The summed E-state index contributed by atoms with van der Waals surface area (Å²) in [5.74, 6) is 0.497. The van der Waals surface area contributed by atoms with Gasteiger partial charge in [0.1, 0.15) is 0 Å². The maximum absolute atomic E-state index is 12.1. The fourth-order valence-electron chi connectivity index (χ4n) is 2.50. The molecule has 1 aliphatic carbocycles. The third kappa shape index (κ3) is 2.56. The molecule has 0 spiro atoms. The van der Waals surface area contributed by atoms with E-state index in [0.717, 1.165) is 25.9 Å². The average molecular weight is 248 g/mol. The third-order valence-electron chi connectivity index (χ3n) is 3.74. The second-order valence-electron chi connectivity index (χ2n) is 5.25. The molecule has 2 N–H and O–H groups in total. The Kier molecular flexibility index (Phi) is 3.32.